The maximum absolute atomic E-state index is 11.9. The van der Waals surface area contributed by atoms with E-state index in [9.17, 15) is 25.0 Å². The summed E-state index contributed by atoms with van der Waals surface area (Å²) in [5, 5.41) is 23.0. The average molecular weight is 352 g/mol. The number of likely N-dealkylation sites (N-methyl/N-ethyl adjacent to an activating group) is 1. The van der Waals surface area contributed by atoms with Crippen LogP contribution in [0.2, 0.25) is 0 Å². The monoisotopic (exact) mass is 352 g/mol. The Balaban J connectivity index is 2.56. The summed E-state index contributed by atoms with van der Waals surface area (Å²) >= 11 is 0. The van der Waals surface area contributed by atoms with Crippen molar-refractivity contribution in [3.05, 3.63) is 37.9 Å². The molecule has 1 aromatic carbocycles. The molecule has 0 saturated carbocycles. The van der Waals surface area contributed by atoms with Gasteiger partial charge in [0.1, 0.15) is 0 Å². The number of esters is 1. The van der Waals surface area contributed by atoms with Gasteiger partial charge in [-0.15, -0.1) is 0 Å². The van der Waals surface area contributed by atoms with Crippen molar-refractivity contribution in [1.29, 1.82) is 0 Å². The zero-order chi connectivity index (χ0) is 18.7. The molecular formula is C15H20N4O6. The molecule has 1 aromatic rings. The number of nitro groups is 2. The minimum absolute atomic E-state index is 0.0626. The molecule has 1 aliphatic rings. The van der Waals surface area contributed by atoms with E-state index in [4.69, 9.17) is 4.74 Å². The summed E-state index contributed by atoms with van der Waals surface area (Å²) in [7, 11) is 3.78. The Labute approximate surface area is 144 Å². The lowest BCUT2D eigenvalue weighted by Gasteiger charge is -2.21. The van der Waals surface area contributed by atoms with Crippen molar-refractivity contribution in [2.75, 3.05) is 38.7 Å². The van der Waals surface area contributed by atoms with Crippen LogP contribution in [0.15, 0.2) is 12.1 Å². The second-order valence-electron chi connectivity index (χ2n) is 5.95. The van der Waals surface area contributed by atoms with E-state index >= 15 is 0 Å². The molecule has 0 aromatic heterocycles. The van der Waals surface area contributed by atoms with Gasteiger partial charge in [-0.3, -0.25) is 20.2 Å². The predicted molar refractivity (Wildman–Crippen MR) is 90.0 cm³/mol. The first-order valence-corrected chi connectivity index (χ1v) is 7.81. The molecule has 25 heavy (non-hydrogen) atoms. The van der Waals surface area contributed by atoms with Gasteiger partial charge in [0, 0.05) is 31.3 Å². The minimum atomic E-state index is -0.826. The summed E-state index contributed by atoms with van der Waals surface area (Å²) in [5.41, 5.74) is -1.19. The van der Waals surface area contributed by atoms with E-state index in [2.05, 4.69) is 0 Å². The Kier molecular flexibility index (Phi) is 5.52. The Morgan fingerprint density at radius 1 is 1.28 bits per heavy atom. The lowest BCUT2D eigenvalue weighted by molar-refractivity contribution is -0.392. The molecule has 10 nitrogen and oxygen atoms in total. The second kappa shape index (κ2) is 7.43. The second-order valence-corrected chi connectivity index (χ2v) is 5.95. The zero-order valence-corrected chi connectivity index (χ0v) is 14.3. The van der Waals surface area contributed by atoms with Gasteiger partial charge in [0.15, 0.2) is 5.69 Å². The molecule has 1 aliphatic heterocycles. The molecule has 10 heteroatoms. The van der Waals surface area contributed by atoms with Crippen molar-refractivity contribution in [2.45, 2.75) is 19.4 Å². The van der Waals surface area contributed by atoms with Crippen molar-refractivity contribution in [3.8, 4) is 0 Å². The largest absolute Gasteiger partial charge is 0.462 e. The quantitative estimate of drug-likeness (QED) is 0.432. The molecule has 0 bridgehead atoms. The van der Waals surface area contributed by atoms with Crippen LogP contribution >= 0.6 is 0 Å². The van der Waals surface area contributed by atoms with E-state index in [0.29, 0.717) is 13.1 Å². The van der Waals surface area contributed by atoms with Gasteiger partial charge in [-0.2, -0.15) is 0 Å². The van der Waals surface area contributed by atoms with E-state index in [1.807, 2.05) is 19.0 Å². The SMILES string of the molecule is CCOC(=O)c1cc([N+](=O)[O-])c(N2CC[C@H](N(C)C)C2)c([N+](=O)[O-])c1. The minimum Gasteiger partial charge on any atom is -0.462 e. The Morgan fingerprint density at radius 3 is 2.24 bits per heavy atom. The number of hydrogen-bond acceptors (Lipinski definition) is 8. The molecular weight excluding hydrogens is 332 g/mol. The van der Waals surface area contributed by atoms with Gasteiger partial charge in [0.2, 0.25) is 0 Å². The molecule has 0 unspecified atom stereocenters. The molecule has 1 saturated heterocycles. The molecule has 2 rings (SSSR count). The van der Waals surface area contributed by atoms with Gasteiger partial charge in [0.05, 0.1) is 22.0 Å². The van der Waals surface area contributed by atoms with Gasteiger partial charge in [0.25, 0.3) is 0 Å². The predicted octanol–water partition coefficient (Wildman–Crippen LogP) is 1.82. The van der Waals surface area contributed by atoms with Crippen LogP contribution in [0.5, 0.6) is 0 Å². The topological polar surface area (TPSA) is 119 Å². The van der Waals surface area contributed by atoms with Crippen molar-refractivity contribution >= 4 is 23.0 Å². The Hall–Kier alpha value is -2.75. The van der Waals surface area contributed by atoms with Gasteiger partial charge in [-0.25, -0.2) is 4.79 Å². The fourth-order valence-corrected chi connectivity index (χ4v) is 2.91. The van der Waals surface area contributed by atoms with Crippen LogP contribution in [-0.2, 0) is 4.74 Å². The smallest absolute Gasteiger partial charge is 0.338 e. The maximum atomic E-state index is 11.9. The van der Waals surface area contributed by atoms with E-state index in [1.165, 1.54) is 0 Å². The van der Waals surface area contributed by atoms with E-state index in [0.717, 1.165) is 18.6 Å². The molecule has 1 atom stereocenters. The van der Waals surface area contributed by atoms with Gasteiger partial charge < -0.3 is 14.5 Å². The summed E-state index contributed by atoms with van der Waals surface area (Å²) < 4.78 is 4.81. The molecule has 0 amide bonds. The summed E-state index contributed by atoms with van der Waals surface area (Å²) in [6.07, 6.45) is 0.737. The summed E-state index contributed by atoms with van der Waals surface area (Å²) in [4.78, 5) is 37.1. The summed E-state index contributed by atoms with van der Waals surface area (Å²) in [5.74, 6) is -0.826. The first kappa shape index (κ1) is 18.6. The highest BCUT2D eigenvalue weighted by Crippen LogP contribution is 2.40. The molecule has 136 valence electrons. The highest BCUT2D eigenvalue weighted by Gasteiger charge is 2.36. The van der Waals surface area contributed by atoms with Crippen molar-refractivity contribution < 1.29 is 19.4 Å². The number of ether oxygens (including phenoxy) is 1. The molecule has 1 heterocycles. The fraction of sp³-hybridized carbons (Fsp3) is 0.533. The van der Waals surface area contributed by atoms with Gasteiger partial charge in [-0.1, -0.05) is 0 Å². The van der Waals surface area contributed by atoms with Gasteiger partial charge in [-0.05, 0) is 27.4 Å². The molecule has 1 fully saturated rings. The molecule has 0 aliphatic carbocycles. The van der Waals surface area contributed by atoms with Crippen molar-refractivity contribution in [3.63, 3.8) is 0 Å². The first-order chi connectivity index (χ1) is 11.8. The van der Waals surface area contributed by atoms with Crippen LogP contribution in [0.3, 0.4) is 0 Å². The third-order valence-electron chi connectivity index (χ3n) is 4.18. The highest BCUT2D eigenvalue weighted by atomic mass is 16.6. The number of nitrogens with zero attached hydrogens (tertiary/aromatic N) is 4. The number of carbonyl (C=O) groups is 1. The molecule has 0 N–H and O–H groups in total. The normalized spacial score (nSPS) is 17.0. The number of rotatable bonds is 6. The van der Waals surface area contributed by atoms with Crippen LogP contribution in [0.4, 0.5) is 17.1 Å². The number of benzene rings is 1. The Bertz CT molecular complexity index is 670. The van der Waals surface area contributed by atoms with Crippen molar-refractivity contribution in [1.82, 2.24) is 4.90 Å². The number of carbonyl (C=O) groups excluding carboxylic acids is 1. The van der Waals surface area contributed by atoms with Crippen LogP contribution in [0.25, 0.3) is 0 Å². The maximum Gasteiger partial charge on any atom is 0.338 e. The van der Waals surface area contributed by atoms with Crippen molar-refractivity contribution in [2.24, 2.45) is 0 Å². The standard InChI is InChI=1S/C15H20N4O6/c1-4-25-15(20)10-7-12(18(21)22)14(13(8-10)19(23)24)17-6-5-11(9-17)16(2)3/h7-8,11H,4-6,9H2,1-3H3/t11-/m0/s1. The third-order valence-corrected chi connectivity index (χ3v) is 4.18. The Morgan fingerprint density at radius 2 is 1.84 bits per heavy atom. The summed E-state index contributed by atoms with van der Waals surface area (Å²) in [6, 6.07) is 2.23. The lowest BCUT2D eigenvalue weighted by Crippen LogP contribution is -2.32. The summed E-state index contributed by atoms with van der Waals surface area (Å²) in [6.45, 7) is 2.55. The van der Waals surface area contributed by atoms with Crippen LogP contribution in [0.1, 0.15) is 23.7 Å². The van der Waals surface area contributed by atoms with Crippen LogP contribution in [-0.4, -0.2) is 60.5 Å². The average Bonchev–Trinajstić information content (AvgIpc) is 3.03. The van der Waals surface area contributed by atoms with E-state index < -0.39 is 27.2 Å². The van der Waals surface area contributed by atoms with E-state index in [1.54, 1.807) is 11.8 Å². The van der Waals surface area contributed by atoms with Crippen LogP contribution in [0, 0.1) is 20.2 Å². The molecule has 0 radical (unpaired) electrons. The fourth-order valence-electron chi connectivity index (χ4n) is 2.91. The first-order valence-electron chi connectivity index (χ1n) is 7.81. The van der Waals surface area contributed by atoms with E-state index in [-0.39, 0.29) is 23.9 Å². The number of anilines is 1. The number of hydrogen-bond donors (Lipinski definition) is 0. The third kappa shape index (κ3) is 3.85. The number of nitro benzene ring substituents is 2. The van der Waals surface area contributed by atoms with Gasteiger partial charge >= 0.3 is 17.3 Å². The van der Waals surface area contributed by atoms with Crippen LogP contribution < -0.4 is 4.90 Å². The molecule has 0 spiro atoms. The zero-order valence-electron chi connectivity index (χ0n) is 14.3. The highest BCUT2D eigenvalue weighted by molar-refractivity contribution is 5.94. The lowest BCUT2D eigenvalue weighted by atomic mass is 10.1.